The van der Waals surface area contributed by atoms with Crippen molar-refractivity contribution in [2.75, 3.05) is 38.2 Å². The molecule has 1 aromatic heterocycles. The van der Waals surface area contributed by atoms with Gasteiger partial charge in [0.1, 0.15) is 24.2 Å². The molecule has 0 aliphatic heterocycles. The predicted octanol–water partition coefficient (Wildman–Crippen LogP) is 4.58. The fourth-order valence-electron chi connectivity index (χ4n) is 3.60. The van der Waals surface area contributed by atoms with Gasteiger partial charge < -0.3 is 25.4 Å². The Morgan fingerprint density at radius 1 is 1.00 bits per heavy atom. The number of ether oxygens (including phenoxy) is 1. The van der Waals surface area contributed by atoms with E-state index in [4.69, 9.17) is 4.74 Å². The third kappa shape index (κ3) is 11.8. The van der Waals surface area contributed by atoms with E-state index in [-0.39, 0.29) is 12.2 Å². The zero-order valence-corrected chi connectivity index (χ0v) is 23.3. The molecule has 208 valence electrons. The van der Waals surface area contributed by atoms with Crippen molar-refractivity contribution in [3.63, 3.8) is 0 Å². The molecule has 3 rings (SSSR count). The maximum atomic E-state index is 12.3. The third-order valence-electron chi connectivity index (χ3n) is 5.70. The van der Waals surface area contributed by atoms with Crippen molar-refractivity contribution < 1.29 is 19.4 Å². The normalized spacial score (nSPS) is 11.5. The number of ketones is 1. The molecule has 0 spiro atoms. The molecule has 8 heteroatoms. The van der Waals surface area contributed by atoms with Crippen molar-refractivity contribution in [3.05, 3.63) is 102 Å². The molecule has 0 aliphatic rings. The number of nitrogens with zero attached hydrogens (tertiary/aromatic N) is 2. The number of nitrogens with one attached hydrogen (secondary N) is 2. The number of allylic oxidation sites excluding steroid dienone is 2. The van der Waals surface area contributed by atoms with Gasteiger partial charge in [-0.3, -0.25) is 4.79 Å². The highest BCUT2D eigenvalue weighted by atomic mass is 16.5. The lowest BCUT2D eigenvalue weighted by Crippen LogP contribution is -2.37. The minimum Gasteiger partial charge on any atom is -0.492 e. The number of carboxylic acid groups (broad SMARTS) is 1. The monoisotopic (exact) mass is 532 g/mol. The lowest BCUT2D eigenvalue weighted by molar-refractivity contribution is -0.139. The molecule has 3 N–H and O–H groups in total. The summed E-state index contributed by atoms with van der Waals surface area (Å²) in [6, 6.07) is 21.1. The third-order valence-corrected chi connectivity index (χ3v) is 5.70. The first-order valence-corrected chi connectivity index (χ1v) is 13.2. The Balaban J connectivity index is 0.000000976. The largest absolute Gasteiger partial charge is 0.492 e. The van der Waals surface area contributed by atoms with E-state index in [1.165, 1.54) is 6.08 Å². The van der Waals surface area contributed by atoms with E-state index >= 15 is 0 Å². The van der Waals surface area contributed by atoms with Crippen molar-refractivity contribution >= 4 is 17.6 Å². The number of carbonyl (C=O) groups is 2. The number of carbonyl (C=O) groups excluding carboxylic acids is 1. The smallest absolute Gasteiger partial charge is 0.326 e. The second-order valence-electron chi connectivity index (χ2n) is 8.86. The molecule has 0 fully saturated rings. The van der Waals surface area contributed by atoms with Crippen LogP contribution in [-0.2, 0) is 11.2 Å². The van der Waals surface area contributed by atoms with E-state index in [2.05, 4.69) is 29.5 Å². The molecule has 1 heterocycles. The first kappa shape index (κ1) is 31.1. The number of likely N-dealkylation sites (N-methyl/N-ethyl adjacent to an activating group) is 1. The minimum atomic E-state index is -0.988. The molecule has 0 saturated carbocycles. The molecular formula is C31H40N4O4. The Morgan fingerprint density at radius 3 is 2.23 bits per heavy atom. The Bertz CT molecular complexity index is 1150. The molecule has 0 bridgehead atoms. The van der Waals surface area contributed by atoms with Gasteiger partial charge in [-0.1, -0.05) is 62.4 Å². The number of benzene rings is 2. The lowest BCUT2D eigenvalue weighted by Gasteiger charge is -2.18. The van der Waals surface area contributed by atoms with Gasteiger partial charge in [0.2, 0.25) is 0 Å². The highest BCUT2D eigenvalue weighted by molar-refractivity contribution is 6.04. The summed E-state index contributed by atoms with van der Waals surface area (Å²) in [5, 5.41) is 15.7. The summed E-state index contributed by atoms with van der Waals surface area (Å²) < 4.78 is 5.81. The van der Waals surface area contributed by atoms with Gasteiger partial charge in [0.15, 0.2) is 5.78 Å². The van der Waals surface area contributed by atoms with Gasteiger partial charge in [-0.15, -0.1) is 0 Å². The Kier molecular flexibility index (Phi) is 13.8. The number of anilines is 1. The summed E-state index contributed by atoms with van der Waals surface area (Å²) in [6.45, 7) is 9.25. The van der Waals surface area contributed by atoms with Crippen molar-refractivity contribution in [2.45, 2.75) is 33.2 Å². The van der Waals surface area contributed by atoms with Crippen LogP contribution in [0, 0.1) is 0 Å². The van der Waals surface area contributed by atoms with Crippen LogP contribution < -0.4 is 20.3 Å². The van der Waals surface area contributed by atoms with Gasteiger partial charge in [0.05, 0.1) is 6.54 Å². The quantitative estimate of drug-likeness (QED) is 0.205. The summed E-state index contributed by atoms with van der Waals surface area (Å²) in [6.07, 6.45) is 3.44. The number of carboxylic acids is 1. The summed E-state index contributed by atoms with van der Waals surface area (Å²) in [5.41, 5.74) is 1.90. The van der Waals surface area contributed by atoms with Gasteiger partial charge in [0.25, 0.3) is 0 Å². The molecule has 1 atom stereocenters. The molecular weight excluding hydrogens is 492 g/mol. The van der Waals surface area contributed by atoms with Crippen molar-refractivity contribution in [3.8, 4) is 5.75 Å². The molecule has 0 unspecified atom stereocenters. The van der Waals surface area contributed by atoms with E-state index in [1.54, 1.807) is 37.4 Å². The van der Waals surface area contributed by atoms with E-state index in [9.17, 15) is 14.7 Å². The molecule has 0 amide bonds. The van der Waals surface area contributed by atoms with Gasteiger partial charge >= 0.3 is 5.97 Å². The number of aliphatic carboxylic acids is 1. The van der Waals surface area contributed by atoms with Crippen molar-refractivity contribution in [1.29, 1.82) is 0 Å². The van der Waals surface area contributed by atoms with Gasteiger partial charge in [-0.25, -0.2) is 9.78 Å². The molecule has 0 saturated heterocycles. The van der Waals surface area contributed by atoms with Crippen LogP contribution in [0.5, 0.6) is 5.75 Å². The van der Waals surface area contributed by atoms with E-state index in [1.807, 2.05) is 60.5 Å². The maximum Gasteiger partial charge on any atom is 0.326 e. The molecule has 0 radical (unpaired) electrons. The first-order chi connectivity index (χ1) is 18.8. The fourth-order valence-corrected chi connectivity index (χ4v) is 3.60. The highest BCUT2D eigenvalue weighted by Crippen LogP contribution is 2.15. The molecule has 0 aliphatic carbocycles. The summed E-state index contributed by atoms with van der Waals surface area (Å²) in [4.78, 5) is 30.4. The Morgan fingerprint density at radius 2 is 1.67 bits per heavy atom. The van der Waals surface area contributed by atoms with Crippen LogP contribution in [0.25, 0.3) is 0 Å². The van der Waals surface area contributed by atoms with Crippen LogP contribution >= 0.6 is 0 Å². The van der Waals surface area contributed by atoms with Crippen LogP contribution in [0.2, 0.25) is 0 Å². The summed E-state index contributed by atoms with van der Waals surface area (Å²) in [7, 11) is 1.96. The molecule has 2 aromatic carbocycles. The van der Waals surface area contributed by atoms with Gasteiger partial charge in [0, 0.05) is 37.0 Å². The second-order valence-corrected chi connectivity index (χ2v) is 8.86. The zero-order valence-electron chi connectivity index (χ0n) is 23.3. The predicted molar refractivity (Wildman–Crippen MR) is 156 cm³/mol. The standard InChI is InChI=1S/C27H29N3O4.C4H11N/c1-20(18-25(31)22-8-4-3-5-9-22)29-24(27(32)33)19-21-11-13-23(14-12-21)34-17-16-30(2)26-10-6-7-15-28-26;1-3-5-4-2/h3-15,18,24,29H,16-17,19H2,1-2H3,(H,32,33);5H,3-4H2,1-2H3/t24-;/m0./s1. The number of hydrogen-bond acceptors (Lipinski definition) is 7. The fraction of sp³-hybridized carbons (Fsp3) is 0.323. The molecule has 3 aromatic rings. The van der Waals surface area contributed by atoms with Crippen LogP contribution in [0.4, 0.5) is 5.82 Å². The van der Waals surface area contributed by atoms with E-state index < -0.39 is 12.0 Å². The zero-order chi connectivity index (χ0) is 28.5. The van der Waals surface area contributed by atoms with E-state index in [0.29, 0.717) is 30.2 Å². The van der Waals surface area contributed by atoms with Gasteiger partial charge in [-0.2, -0.15) is 0 Å². The van der Waals surface area contributed by atoms with Crippen LogP contribution in [-0.4, -0.2) is 61.2 Å². The van der Waals surface area contributed by atoms with E-state index in [0.717, 1.165) is 24.5 Å². The SMILES string of the molecule is CC(=CC(=O)c1ccccc1)N[C@@H](Cc1ccc(OCCN(C)c2ccccn2)cc1)C(=O)O.CCNCC. The lowest BCUT2D eigenvalue weighted by atomic mass is 10.1. The number of pyridine rings is 1. The number of rotatable bonds is 14. The summed E-state index contributed by atoms with van der Waals surface area (Å²) >= 11 is 0. The van der Waals surface area contributed by atoms with Crippen LogP contribution in [0.15, 0.2) is 90.8 Å². The number of aromatic nitrogens is 1. The minimum absolute atomic E-state index is 0.176. The Hall–Kier alpha value is -4.17. The van der Waals surface area contributed by atoms with Crippen LogP contribution in [0.3, 0.4) is 0 Å². The van der Waals surface area contributed by atoms with Crippen molar-refractivity contribution in [1.82, 2.24) is 15.6 Å². The second kappa shape index (κ2) is 17.4. The molecule has 8 nitrogen and oxygen atoms in total. The van der Waals surface area contributed by atoms with Gasteiger partial charge in [-0.05, 0) is 49.8 Å². The maximum absolute atomic E-state index is 12.3. The highest BCUT2D eigenvalue weighted by Gasteiger charge is 2.18. The Labute approximate surface area is 231 Å². The molecule has 39 heavy (non-hydrogen) atoms. The average molecular weight is 533 g/mol. The summed E-state index contributed by atoms with van der Waals surface area (Å²) in [5.74, 6) is 0.425. The van der Waals surface area contributed by atoms with Crippen LogP contribution in [0.1, 0.15) is 36.7 Å². The van der Waals surface area contributed by atoms with Crippen molar-refractivity contribution in [2.24, 2.45) is 0 Å². The average Bonchev–Trinajstić information content (AvgIpc) is 2.95. The topological polar surface area (TPSA) is 104 Å². The first-order valence-electron chi connectivity index (χ1n) is 13.2. The number of hydrogen-bond donors (Lipinski definition) is 3.